The first-order chi connectivity index (χ1) is 9.19. The molecular weight excluding hydrogens is 232 g/mol. The largest absolute Gasteiger partial charge is 0.513 e. The van der Waals surface area contributed by atoms with E-state index in [0.717, 1.165) is 0 Å². The van der Waals surface area contributed by atoms with Crippen LogP contribution in [0.2, 0.25) is 0 Å². The fraction of sp³-hybridized carbons (Fsp3) is 0.222. The Morgan fingerprint density at radius 1 is 1.21 bits per heavy atom. The van der Waals surface area contributed by atoms with E-state index in [1.54, 1.807) is 0 Å². The van der Waals surface area contributed by atoms with E-state index in [-0.39, 0.29) is 11.7 Å². The zero-order valence-corrected chi connectivity index (χ0v) is 11.7. The van der Waals surface area contributed by atoms with E-state index in [1.807, 2.05) is 50.3 Å². The minimum atomic E-state index is 0.131. The van der Waals surface area contributed by atoms with E-state index in [2.05, 4.69) is 30.9 Å². The Kier molecular flexibility index (Phi) is 6.45. The van der Waals surface area contributed by atoms with Crippen LogP contribution in [0.3, 0.4) is 0 Å². The van der Waals surface area contributed by atoms with E-state index in [9.17, 15) is 5.11 Å². The molecule has 0 aliphatic heterocycles. The Hall–Kier alpha value is -2.02. The van der Waals surface area contributed by atoms with Gasteiger partial charge >= 0.3 is 0 Å². The van der Waals surface area contributed by atoms with Crippen LogP contribution in [0.25, 0.3) is 0 Å². The molecule has 1 aromatic carbocycles. The highest BCUT2D eigenvalue weighted by atomic mass is 16.3. The van der Waals surface area contributed by atoms with Gasteiger partial charge < -0.3 is 5.11 Å². The van der Waals surface area contributed by atoms with Crippen molar-refractivity contribution in [3.63, 3.8) is 0 Å². The Morgan fingerprint density at radius 3 is 2.42 bits per heavy atom. The van der Waals surface area contributed by atoms with E-state index in [0.29, 0.717) is 6.42 Å². The van der Waals surface area contributed by atoms with Crippen LogP contribution < -0.4 is 0 Å². The van der Waals surface area contributed by atoms with Crippen molar-refractivity contribution in [1.29, 1.82) is 0 Å². The molecule has 0 radical (unpaired) electrons. The van der Waals surface area contributed by atoms with Crippen LogP contribution >= 0.6 is 0 Å². The monoisotopic (exact) mass is 254 g/mol. The maximum absolute atomic E-state index is 9.56. The molecule has 0 saturated carbocycles. The summed E-state index contributed by atoms with van der Waals surface area (Å²) >= 11 is 0. The lowest BCUT2D eigenvalue weighted by Crippen LogP contribution is -2.02. The number of allylic oxidation sites excluding steroid dienone is 7. The topological polar surface area (TPSA) is 20.2 Å². The number of aliphatic hydroxyl groups excluding tert-OH is 1. The molecule has 1 heteroatoms. The van der Waals surface area contributed by atoms with E-state index < -0.39 is 0 Å². The smallest absolute Gasteiger partial charge is 0.0860 e. The zero-order chi connectivity index (χ0) is 14.1. The van der Waals surface area contributed by atoms with Crippen molar-refractivity contribution in [2.45, 2.75) is 26.2 Å². The SMILES string of the molecule is C=C(O)CC(C(/C=C\C)=C/C=C\C)c1ccccc1. The standard InChI is InChI=1S/C18H22O/c1-4-6-11-16(10-5-2)18(14-15(3)19)17-12-8-7-9-13-17/h4-13,18-19H,3,14H2,1-2H3/b6-4-,10-5-,16-11+. The molecule has 0 saturated heterocycles. The van der Waals surface area contributed by atoms with Gasteiger partial charge in [-0.25, -0.2) is 0 Å². The van der Waals surface area contributed by atoms with Crippen molar-refractivity contribution < 1.29 is 5.11 Å². The fourth-order valence-electron chi connectivity index (χ4n) is 2.04. The highest BCUT2D eigenvalue weighted by Crippen LogP contribution is 2.30. The first-order valence-corrected chi connectivity index (χ1v) is 6.56. The molecule has 0 heterocycles. The van der Waals surface area contributed by atoms with Gasteiger partial charge in [-0.15, -0.1) is 0 Å². The average Bonchev–Trinajstić information content (AvgIpc) is 2.42. The van der Waals surface area contributed by atoms with Gasteiger partial charge in [-0.3, -0.25) is 0 Å². The van der Waals surface area contributed by atoms with Crippen LogP contribution in [0, 0.1) is 0 Å². The van der Waals surface area contributed by atoms with Crippen LogP contribution in [0.4, 0.5) is 0 Å². The van der Waals surface area contributed by atoms with Crippen molar-refractivity contribution in [3.8, 4) is 0 Å². The Morgan fingerprint density at radius 2 is 1.89 bits per heavy atom. The molecule has 1 nitrogen and oxygen atoms in total. The first kappa shape index (κ1) is 15.0. The number of hydrogen-bond donors (Lipinski definition) is 1. The van der Waals surface area contributed by atoms with Crippen LogP contribution in [0.5, 0.6) is 0 Å². The second-order valence-electron chi connectivity index (χ2n) is 4.43. The summed E-state index contributed by atoms with van der Waals surface area (Å²) in [6.45, 7) is 7.62. The molecule has 0 bridgehead atoms. The van der Waals surface area contributed by atoms with Gasteiger partial charge in [0, 0.05) is 12.3 Å². The average molecular weight is 254 g/mol. The number of benzene rings is 1. The molecule has 1 unspecified atom stereocenters. The van der Waals surface area contributed by atoms with Gasteiger partial charge in [-0.05, 0) is 25.0 Å². The molecule has 0 aromatic heterocycles. The summed E-state index contributed by atoms with van der Waals surface area (Å²) in [5, 5.41) is 9.56. The molecule has 0 aliphatic carbocycles. The predicted molar refractivity (Wildman–Crippen MR) is 83.3 cm³/mol. The van der Waals surface area contributed by atoms with Crippen molar-refractivity contribution >= 4 is 0 Å². The summed E-state index contributed by atoms with van der Waals surface area (Å²) in [5.74, 6) is 0.343. The molecule has 0 spiro atoms. The van der Waals surface area contributed by atoms with Gasteiger partial charge in [0.15, 0.2) is 0 Å². The van der Waals surface area contributed by atoms with Crippen molar-refractivity contribution in [3.05, 3.63) is 84.2 Å². The van der Waals surface area contributed by atoms with Gasteiger partial charge in [-0.1, -0.05) is 67.3 Å². The number of rotatable bonds is 6. The predicted octanol–water partition coefficient (Wildman–Crippen LogP) is 5.31. The Bertz CT molecular complexity index is 478. The zero-order valence-electron chi connectivity index (χ0n) is 11.7. The first-order valence-electron chi connectivity index (χ1n) is 6.56. The van der Waals surface area contributed by atoms with Crippen LogP contribution in [0.15, 0.2) is 78.6 Å². The summed E-state index contributed by atoms with van der Waals surface area (Å²) in [5.41, 5.74) is 2.36. The van der Waals surface area contributed by atoms with Gasteiger partial charge in [0.1, 0.15) is 0 Å². The lowest BCUT2D eigenvalue weighted by molar-refractivity contribution is 0.383. The van der Waals surface area contributed by atoms with Crippen molar-refractivity contribution in [2.24, 2.45) is 0 Å². The Labute approximate surface area is 116 Å². The second kappa shape index (κ2) is 8.15. The molecule has 19 heavy (non-hydrogen) atoms. The molecule has 1 N–H and O–H groups in total. The van der Waals surface area contributed by atoms with E-state index in [1.165, 1.54) is 11.1 Å². The molecule has 0 fully saturated rings. The third-order valence-corrected chi connectivity index (χ3v) is 2.88. The van der Waals surface area contributed by atoms with Crippen molar-refractivity contribution in [2.75, 3.05) is 0 Å². The number of aliphatic hydroxyl groups is 1. The third-order valence-electron chi connectivity index (χ3n) is 2.88. The van der Waals surface area contributed by atoms with E-state index in [4.69, 9.17) is 0 Å². The maximum Gasteiger partial charge on any atom is 0.0860 e. The normalized spacial score (nSPS) is 14.1. The summed E-state index contributed by atoms with van der Waals surface area (Å²) in [7, 11) is 0. The fourth-order valence-corrected chi connectivity index (χ4v) is 2.04. The molecule has 100 valence electrons. The van der Waals surface area contributed by atoms with Gasteiger partial charge in [0.2, 0.25) is 0 Å². The van der Waals surface area contributed by atoms with Crippen molar-refractivity contribution in [1.82, 2.24) is 0 Å². The summed E-state index contributed by atoms with van der Waals surface area (Å²) in [6, 6.07) is 10.2. The summed E-state index contributed by atoms with van der Waals surface area (Å²) in [6.07, 6.45) is 10.7. The molecule has 1 aromatic rings. The van der Waals surface area contributed by atoms with Crippen LogP contribution in [0.1, 0.15) is 31.7 Å². The lowest BCUT2D eigenvalue weighted by atomic mass is 9.87. The van der Waals surface area contributed by atoms with E-state index >= 15 is 0 Å². The third kappa shape index (κ3) is 5.01. The maximum atomic E-state index is 9.56. The molecule has 0 amide bonds. The highest BCUT2D eigenvalue weighted by Gasteiger charge is 2.15. The van der Waals surface area contributed by atoms with Gasteiger partial charge in [-0.2, -0.15) is 0 Å². The quantitative estimate of drug-likeness (QED) is 0.538. The van der Waals surface area contributed by atoms with Gasteiger partial charge in [0.05, 0.1) is 5.76 Å². The van der Waals surface area contributed by atoms with Crippen LogP contribution in [-0.4, -0.2) is 5.11 Å². The lowest BCUT2D eigenvalue weighted by Gasteiger charge is -2.18. The molecule has 1 atom stereocenters. The minimum absolute atomic E-state index is 0.131. The Balaban J connectivity index is 3.17. The summed E-state index contributed by atoms with van der Waals surface area (Å²) < 4.78 is 0. The second-order valence-corrected chi connectivity index (χ2v) is 4.43. The van der Waals surface area contributed by atoms with Crippen LogP contribution in [-0.2, 0) is 0 Å². The number of hydrogen-bond acceptors (Lipinski definition) is 1. The molecule has 0 aliphatic rings. The minimum Gasteiger partial charge on any atom is -0.513 e. The summed E-state index contributed by atoms with van der Waals surface area (Å²) in [4.78, 5) is 0. The molecular formula is C18H22O. The highest BCUT2D eigenvalue weighted by molar-refractivity contribution is 5.37. The molecule has 1 rings (SSSR count). The van der Waals surface area contributed by atoms with Gasteiger partial charge in [0.25, 0.3) is 0 Å².